The molecule has 1 aliphatic rings. The molecule has 1 aliphatic heterocycles. The summed E-state index contributed by atoms with van der Waals surface area (Å²) in [6.07, 6.45) is 8.17. The van der Waals surface area contributed by atoms with E-state index in [1.807, 2.05) is 23.4 Å². The Morgan fingerprint density at radius 1 is 1.23 bits per heavy atom. The highest BCUT2D eigenvalue weighted by Crippen LogP contribution is 2.27. The minimum absolute atomic E-state index is 0.0489. The van der Waals surface area contributed by atoms with Crippen molar-refractivity contribution in [3.63, 3.8) is 0 Å². The second kappa shape index (κ2) is 8.30. The van der Waals surface area contributed by atoms with Crippen molar-refractivity contribution in [1.29, 1.82) is 0 Å². The number of ketones is 1. The van der Waals surface area contributed by atoms with Gasteiger partial charge in [0.15, 0.2) is 5.78 Å². The lowest BCUT2D eigenvalue weighted by atomic mass is 9.95. The number of Topliss-reactive ketones (excluding diaryl/α,β-unsaturated/α-hetero) is 1. The van der Waals surface area contributed by atoms with Gasteiger partial charge in [0.2, 0.25) is 0 Å². The molecule has 0 spiro atoms. The zero-order chi connectivity index (χ0) is 18.5. The van der Waals surface area contributed by atoms with Crippen LogP contribution in [-0.4, -0.2) is 39.2 Å². The van der Waals surface area contributed by atoms with Gasteiger partial charge in [-0.05, 0) is 32.3 Å². The van der Waals surface area contributed by atoms with E-state index in [4.69, 9.17) is 0 Å². The highest BCUT2D eigenvalue weighted by molar-refractivity contribution is 6.07. The van der Waals surface area contributed by atoms with E-state index in [0.717, 1.165) is 44.6 Å². The molecule has 3 rings (SSSR count). The summed E-state index contributed by atoms with van der Waals surface area (Å²) >= 11 is 0. The maximum absolute atomic E-state index is 13.0. The van der Waals surface area contributed by atoms with Crippen LogP contribution in [0.2, 0.25) is 0 Å². The van der Waals surface area contributed by atoms with Gasteiger partial charge >= 0.3 is 0 Å². The van der Waals surface area contributed by atoms with E-state index in [1.54, 1.807) is 18.2 Å². The van der Waals surface area contributed by atoms with Crippen molar-refractivity contribution < 1.29 is 9.59 Å². The average molecular weight is 353 g/mol. The normalized spacial score (nSPS) is 17.3. The number of carbonyl (C=O) groups is 2. The van der Waals surface area contributed by atoms with Crippen LogP contribution in [0.1, 0.15) is 72.0 Å². The maximum Gasteiger partial charge on any atom is 0.254 e. The molecule has 138 valence electrons. The Balaban J connectivity index is 1.78. The molecule has 26 heavy (non-hydrogen) atoms. The zero-order valence-corrected chi connectivity index (χ0v) is 15.6. The van der Waals surface area contributed by atoms with E-state index < -0.39 is 0 Å². The monoisotopic (exact) mass is 353 g/mol. The summed E-state index contributed by atoms with van der Waals surface area (Å²) in [6.45, 7) is 6.06. The number of rotatable bonds is 6. The fraction of sp³-hybridized carbons (Fsp3) is 0.476. The highest BCUT2D eigenvalue weighted by atomic mass is 16.2. The molecule has 2 aromatic rings. The lowest BCUT2D eigenvalue weighted by Crippen LogP contribution is -2.40. The van der Waals surface area contributed by atoms with E-state index in [9.17, 15) is 9.59 Å². The van der Waals surface area contributed by atoms with Gasteiger partial charge in [-0.2, -0.15) is 0 Å². The third-order valence-electron chi connectivity index (χ3n) is 5.11. The van der Waals surface area contributed by atoms with Crippen molar-refractivity contribution in [2.75, 3.05) is 13.1 Å². The molecule has 0 saturated carbocycles. The number of nitrogens with zero attached hydrogens (tertiary/aromatic N) is 3. The molecule has 1 fully saturated rings. The first-order chi connectivity index (χ1) is 12.6. The lowest BCUT2D eigenvalue weighted by Gasteiger charge is -2.33. The number of hydrogen-bond donors (Lipinski definition) is 0. The zero-order valence-electron chi connectivity index (χ0n) is 15.6. The number of likely N-dealkylation sites (tertiary alicyclic amines) is 1. The quantitative estimate of drug-likeness (QED) is 0.740. The second-order valence-electron chi connectivity index (χ2n) is 7.02. The van der Waals surface area contributed by atoms with Crippen LogP contribution in [0.15, 0.2) is 36.7 Å². The Morgan fingerprint density at radius 2 is 2.00 bits per heavy atom. The smallest absolute Gasteiger partial charge is 0.254 e. The van der Waals surface area contributed by atoms with Crippen LogP contribution in [0.5, 0.6) is 0 Å². The molecule has 1 aromatic heterocycles. The van der Waals surface area contributed by atoms with Crippen LogP contribution in [-0.2, 0) is 6.54 Å². The minimum atomic E-state index is -0.0716. The lowest BCUT2D eigenvalue weighted by molar-refractivity contribution is 0.0699. The summed E-state index contributed by atoms with van der Waals surface area (Å²) in [5.41, 5.74) is 1.01. The van der Waals surface area contributed by atoms with E-state index >= 15 is 0 Å². The number of imidazole rings is 1. The fourth-order valence-corrected chi connectivity index (χ4v) is 3.72. The fourth-order valence-electron chi connectivity index (χ4n) is 3.72. The first-order valence-electron chi connectivity index (χ1n) is 9.52. The molecule has 1 amide bonds. The van der Waals surface area contributed by atoms with Gasteiger partial charge in [-0.25, -0.2) is 4.98 Å². The van der Waals surface area contributed by atoms with Crippen molar-refractivity contribution in [1.82, 2.24) is 14.5 Å². The molecule has 0 bridgehead atoms. The Morgan fingerprint density at radius 3 is 2.73 bits per heavy atom. The number of piperidine rings is 1. The largest absolute Gasteiger partial charge is 0.338 e. The van der Waals surface area contributed by atoms with Crippen LogP contribution in [0.3, 0.4) is 0 Å². The molecule has 5 nitrogen and oxygen atoms in total. The molecule has 1 saturated heterocycles. The van der Waals surface area contributed by atoms with Crippen LogP contribution in [0.25, 0.3) is 0 Å². The van der Waals surface area contributed by atoms with Gasteiger partial charge in [-0.15, -0.1) is 0 Å². The molecule has 0 radical (unpaired) electrons. The van der Waals surface area contributed by atoms with Crippen molar-refractivity contribution in [2.45, 2.75) is 52.0 Å². The van der Waals surface area contributed by atoms with Crippen molar-refractivity contribution in [2.24, 2.45) is 0 Å². The second-order valence-corrected chi connectivity index (χ2v) is 7.02. The summed E-state index contributed by atoms with van der Waals surface area (Å²) in [7, 11) is 0. The van der Waals surface area contributed by atoms with Gasteiger partial charge in [0, 0.05) is 43.5 Å². The number of aromatic nitrogens is 2. The summed E-state index contributed by atoms with van der Waals surface area (Å²) < 4.78 is 2.23. The van der Waals surface area contributed by atoms with Crippen molar-refractivity contribution in [3.05, 3.63) is 53.6 Å². The molecule has 2 heterocycles. The van der Waals surface area contributed by atoms with Crippen LogP contribution < -0.4 is 0 Å². The SMILES string of the molecule is CCCCn1ccnc1[C@@H]1CCCN(C(=O)c2ccccc2C(C)=O)C1. The van der Waals surface area contributed by atoms with Gasteiger partial charge in [-0.1, -0.05) is 31.5 Å². The average Bonchev–Trinajstić information content (AvgIpc) is 3.14. The molecule has 1 aromatic carbocycles. The Kier molecular flexibility index (Phi) is 5.86. The van der Waals surface area contributed by atoms with E-state index in [1.165, 1.54) is 6.92 Å². The number of hydrogen-bond acceptors (Lipinski definition) is 3. The molecule has 0 N–H and O–H groups in total. The van der Waals surface area contributed by atoms with Gasteiger partial charge in [0.05, 0.1) is 5.56 Å². The van der Waals surface area contributed by atoms with Gasteiger partial charge in [0.1, 0.15) is 5.82 Å². The van der Waals surface area contributed by atoms with E-state index in [2.05, 4.69) is 16.5 Å². The third-order valence-corrected chi connectivity index (χ3v) is 5.11. The summed E-state index contributed by atoms with van der Waals surface area (Å²) in [5.74, 6) is 1.21. The Hall–Kier alpha value is -2.43. The standard InChI is InChI=1S/C21H27N3O2/c1-3-4-12-23-14-11-22-20(23)17-8-7-13-24(15-17)21(26)19-10-6-5-9-18(19)16(2)25/h5-6,9-11,14,17H,3-4,7-8,12-13,15H2,1-2H3/t17-/m1/s1. The predicted molar refractivity (Wildman–Crippen MR) is 101 cm³/mol. The Labute approximate surface area is 155 Å². The third kappa shape index (κ3) is 3.87. The van der Waals surface area contributed by atoms with Crippen LogP contribution >= 0.6 is 0 Å². The molecule has 0 unspecified atom stereocenters. The van der Waals surface area contributed by atoms with Gasteiger partial charge < -0.3 is 9.47 Å². The summed E-state index contributed by atoms with van der Waals surface area (Å²) in [4.78, 5) is 31.4. The molecular weight excluding hydrogens is 326 g/mol. The van der Waals surface area contributed by atoms with Crippen LogP contribution in [0, 0.1) is 0 Å². The number of aryl methyl sites for hydroxylation is 1. The summed E-state index contributed by atoms with van der Waals surface area (Å²) in [5, 5.41) is 0. The Bertz CT molecular complexity index is 781. The number of benzene rings is 1. The number of amides is 1. The minimum Gasteiger partial charge on any atom is -0.338 e. The topological polar surface area (TPSA) is 55.2 Å². The molecule has 0 aliphatic carbocycles. The first-order valence-corrected chi connectivity index (χ1v) is 9.52. The van der Waals surface area contributed by atoms with Gasteiger partial charge in [0.25, 0.3) is 5.91 Å². The molecular formula is C21H27N3O2. The molecule has 5 heteroatoms. The number of carbonyl (C=O) groups excluding carboxylic acids is 2. The van der Waals surface area contributed by atoms with Gasteiger partial charge in [-0.3, -0.25) is 9.59 Å². The first kappa shape index (κ1) is 18.4. The van der Waals surface area contributed by atoms with Crippen molar-refractivity contribution in [3.8, 4) is 0 Å². The summed E-state index contributed by atoms with van der Waals surface area (Å²) in [6, 6.07) is 7.11. The van der Waals surface area contributed by atoms with E-state index in [0.29, 0.717) is 17.7 Å². The van der Waals surface area contributed by atoms with Crippen molar-refractivity contribution >= 4 is 11.7 Å². The highest BCUT2D eigenvalue weighted by Gasteiger charge is 2.29. The van der Waals surface area contributed by atoms with Crippen LogP contribution in [0.4, 0.5) is 0 Å². The number of unbranched alkanes of at least 4 members (excludes halogenated alkanes) is 1. The molecule has 1 atom stereocenters. The maximum atomic E-state index is 13.0. The predicted octanol–water partition coefficient (Wildman–Crippen LogP) is 3.91. The van der Waals surface area contributed by atoms with E-state index in [-0.39, 0.29) is 17.6 Å².